The maximum Gasteiger partial charge on any atom is 0.0454 e. The SMILES string of the molecule is ONCC1=CCCC=C1. The Morgan fingerprint density at radius 1 is 1.56 bits per heavy atom. The zero-order valence-corrected chi connectivity index (χ0v) is 5.30. The third kappa shape index (κ3) is 2.00. The van der Waals surface area contributed by atoms with Gasteiger partial charge < -0.3 is 5.21 Å². The van der Waals surface area contributed by atoms with Crippen molar-refractivity contribution in [2.45, 2.75) is 12.8 Å². The zero-order valence-electron chi connectivity index (χ0n) is 5.30. The van der Waals surface area contributed by atoms with Crippen molar-refractivity contribution >= 4 is 0 Å². The van der Waals surface area contributed by atoms with Crippen molar-refractivity contribution in [2.75, 3.05) is 6.54 Å². The first-order valence-corrected chi connectivity index (χ1v) is 3.16. The number of rotatable bonds is 2. The molecule has 0 spiro atoms. The molecule has 0 bridgehead atoms. The molecule has 0 radical (unpaired) electrons. The highest BCUT2D eigenvalue weighted by Gasteiger charge is 1.93. The van der Waals surface area contributed by atoms with E-state index in [1.807, 2.05) is 6.08 Å². The minimum atomic E-state index is 0.566. The lowest BCUT2D eigenvalue weighted by atomic mass is 10.1. The first kappa shape index (κ1) is 6.52. The molecule has 9 heavy (non-hydrogen) atoms. The van der Waals surface area contributed by atoms with Crippen molar-refractivity contribution < 1.29 is 5.21 Å². The predicted molar refractivity (Wildman–Crippen MR) is 36.2 cm³/mol. The van der Waals surface area contributed by atoms with Crippen molar-refractivity contribution in [1.82, 2.24) is 5.48 Å². The van der Waals surface area contributed by atoms with Crippen molar-refractivity contribution in [2.24, 2.45) is 0 Å². The molecule has 0 aromatic carbocycles. The van der Waals surface area contributed by atoms with Crippen LogP contribution in [0.1, 0.15) is 12.8 Å². The molecule has 0 unspecified atom stereocenters. The maximum atomic E-state index is 8.29. The van der Waals surface area contributed by atoms with Crippen molar-refractivity contribution in [3.8, 4) is 0 Å². The van der Waals surface area contributed by atoms with Crippen LogP contribution in [0.15, 0.2) is 23.8 Å². The largest absolute Gasteiger partial charge is 0.316 e. The Balaban J connectivity index is 2.38. The Labute approximate surface area is 54.8 Å². The van der Waals surface area contributed by atoms with Crippen molar-refractivity contribution in [1.29, 1.82) is 0 Å². The standard InChI is InChI=1S/C7H11NO/c9-8-6-7-4-2-1-3-5-7/h2,4-5,8-9H,1,3,6H2. The molecule has 0 aliphatic heterocycles. The molecule has 2 N–H and O–H groups in total. The minimum Gasteiger partial charge on any atom is -0.316 e. The molecule has 2 nitrogen and oxygen atoms in total. The highest BCUT2D eigenvalue weighted by Crippen LogP contribution is 2.07. The fraction of sp³-hybridized carbons (Fsp3) is 0.429. The molecule has 0 atom stereocenters. The Morgan fingerprint density at radius 2 is 2.44 bits per heavy atom. The summed E-state index contributed by atoms with van der Waals surface area (Å²) >= 11 is 0. The van der Waals surface area contributed by atoms with Crippen LogP contribution in [0, 0.1) is 0 Å². The van der Waals surface area contributed by atoms with Gasteiger partial charge in [0, 0.05) is 6.54 Å². The van der Waals surface area contributed by atoms with Crippen LogP contribution in [-0.4, -0.2) is 11.8 Å². The number of allylic oxidation sites excluding steroid dienone is 2. The molecule has 0 aromatic heterocycles. The van der Waals surface area contributed by atoms with Gasteiger partial charge in [0.15, 0.2) is 0 Å². The van der Waals surface area contributed by atoms with Crippen LogP contribution in [0.5, 0.6) is 0 Å². The first-order chi connectivity index (χ1) is 4.43. The molecule has 1 aliphatic carbocycles. The normalized spacial score (nSPS) is 17.7. The van der Waals surface area contributed by atoms with Crippen LogP contribution in [0.25, 0.3) is 0 Å². The van der Waals surface area contributed by atoms with Gasteiger partial charge in [-0.05, 0) is 18.4 Å². The van der Waals surface area contributed by atoms with Gasteiger partial charge in [-0.25, -0.2) is 5.48 Å². The summed E-state index contributed by atoms with van der Waals surface area (Å²) in [6.45, 7) is 0.566. The van der Waals surface area contributed by atoms with Gasteiger partial charge >= 0.3 is 0 Å². The lowest BCUT2D eigenvalue weighted by Crippen LogP contribution is -2.10. The Hall–Kier alpha value is -0.600. The van der Waals surface area contributed by atoms with Gasteiger partial charge in [0.2, 0.25) is 0 Å². The zero-order chi connectivity index (χ0) is 6.53. The molecule has 0 saturated carbocycles. The number of hydrogen-bond donors (Lipinski definition) is 2. The molecule has 0 saturated heterocycles. The van der Waals surface area contributed by atoms with E-state index in [9.17, 15) is 0 Å². The quantitative estimate of drug-likeness (QED) is 0.544. The minimum absolute atomic E-state index is 0.566. The number of hydroxylamine groups is 1. The van der Waals surface area contributed by atoms with E-state index in [4.69, 9.17) is 5.21 Å². The van der Waals surface area contributed by atoms with E-state index in [0.29, 0.717) is 6.54 Å². The van der Waals surface area contributed by atoms with Crippen LogP contribution in [0.4, 0.5) is 0 Å². The van der Waals surface area contributed by atoms with Crippen molar-refractivity contribution in [3.05, 3.63) is 23.8 Å². The summed E-state index contributed by atoms with van der Waals surface area (Å²) in [6.07, 6.45) is 8.52. The first-order valence-electron chi connectivity index (χ1n) is 3.16. The molecule has 0 fully saturated rings. The van der Waals surface area contributed by atoms with Crippen LogP contribution in [0.2, 0.25) is 0 Å². The van der Waals surface area contributed by atoms with E-state index in [-0.39, 0.29) is 0 Å². The van der Waals surface area contributed by atoms with Crippen LogP contribution < -0.4 is 5.48 Å². The highest BCUT2D eigenvalue weighted by molar-refractivity contribution is 5.22. The van der Waals surface area contributed by atoms with E-state index in [0.717, 1.165) is 12.8 Å². The van der Waals surface area contributed by atoms with Gasteiger partial charge in [-0.3, -0.25) is 0 Å². The summed E-state index contributed by atoms with van der Waals surface area (Å²) in [6, 6.07) is 0. The van der Waals surface area contributed by atoms with Crippen LogP contribution in [-0.2, 0) is 0 Å². The second kappa shape index (κ2) is 3.43. The molecule has 1 aliphatic rings. The average molecular weight is 125 g/mol. The fourth-order valence-corrected chi connectivity index (χ4v) is 0.890. The van der Waals surface area contributed by atoms with Crippen LogP contribution in [0.3, 0.4) is 0 Å². The molecular weight excluding hydrogens is 114 g/mol. The fourth-order valence-electron chi connectivity index (χ4n) is 0.890. The molecule has 2 heteroatoms. The smallest absolute Gasteiger partial charge is 0.0454 e. The third-order valence-electron chi connectivity index (χ3n) is 1.35. The number of nitrogens with one attached hydrogen (secondary N) is 1. The summed E-state index contributed by atoms with van der Waals surface area (Å²) in [7, 11) is 0. The summed E-state index contributed by atoms with van der Waals surface area (Å²) in [5.41, 5.74) is 3.29. The Kier molecular flexibility index (Phi) is 2.48. The molecule has 0 aromatic rings. The van der Waals surface area contributed by atoms with E-state index in [1.165, 1.54) is 5.57 Å². The molecule has 50 valence electrons. The van der Waals surface area contributed by atoms with Crippen LogP contribution >= 0.6 is 0 Å². The summed E-state index contributed by atoms with van der Waals surface area (Å²) in [4.78, 5) is 0. The van der Waals surface area contributed by atoms with Gasteiger partial charge in [-0.1, -0.05) is 18.2 Å². The summed E-state index contributed by atoms with van der Waals surface area (Å²) < 4.78 is 0. The predicted octanol–water partition coefficient (Wildman–Crippen LogP) is 1.24. The van der Waals surface area contributed by atoms with Gasteiger partial charge in [-0.2, -0.15) is 0 Å². The lowest BCUT2D eigenvalue weighted by molar-refractivity contribution is 0.177. The molecule has 1 rings (SSSR count). The maximum absolute atomic E-state index is 8.29. The summed E-state index contributed by atoms with van der Waals surface area (Å²) in [5, 5.41) is 8.29. The molecular formula is C7H11NO. The molecule has 0 amide bonds. The van der Waals surface area contributed by atoms with E-state index >= 15 is 0 Å². The van der Waals surface area contributed by atoms with E-state index < -0.39 is 0 Å². The lowest BCUT2D eigenvalue weighted by Gasteiger charge is -2.03. The van der Waals surface area contributed by atoms with Gasteiger partial charge in [0.25, 0.3) is 0 Å². The van der Waals surface area contributed by atoms with E-state index in [1.54, 1.807) is 0 Å². The second-order valence-corrected chi connectivity index (χ2v) is 2.09. The van der Waals surface area contributed by atoms with Gasteiger partial charge in [0.05, 0.1) is 0 Å². The van der Waals surface area contributed by atoms with Gasteiger partial charge in [-0.15, -0.1) is 0 Å². The van der Waals surface area contributed by atoms with Gasteiger partial charge in [0.1, 0.15) is 0 Å². The topological polar surface area (TPSA) is 32.3 Å². The highest BCUT2D eigenvalue weighted by atomic mass is 16.5. The summed E-state index contributed by atoms with van der Waals surface area (Å²) in [5.74, 6) is 0. The second-order valence-electron chi connectivity index (χ2n) is 2.09. The third-order valence-corrected chi connectivity index (χ3v) is 1.35. The average Bonchev–Trinajstić information content (AvgIpc) is 1.91. The Morgan fingerprint density at radius 3 is 3.00 bits per heavy atom. The number of hydrogen-bond acceptors (Lipinski definition) is 2. The monoisotopic (exact) mass is 125 g/mol. The molecule has 0 heterocycles. The Bertz CT molecular complexity index is 138. The van der Waals surface area contributed by atoms with E-state index in [2.05, 4.69) is 17.6 Å². The van der Waals surface area contributed by atoms with Crippen molar-refractivity contribution in [3.63, 3.8) is 0 Å².